The van der Waals surface area contributed by atoms with Crippen LogP contribution in [-0.2, 0) is 7.05 Å². The summed E-state index contributed by atoms with van der Waals surface area (Å²) in [5.41, 5.74) is 6.22. The summed E-state index contributed by atoms with van der Waals surface area (Å²) in [6.07, 6.45) is 3.73. The third-order valence-corrected chi connectivity index (χ3v) is 1.80. The van der Waals surface area contributed by atoms with E-state index in [-0.39, 0.29) is 0 Å². The first-order chi connectivity index (χ1) is 5.25. The maximum atomic E-state index is 5.29. The van der Waals surface area contributed by atoms with Crippen LogP contribution in [0.25, 0.3) is 6.08 Å². The fourth-order valence-corrected chi connectivity index (χ4v) is 1.16. The van der Waals surface area contributed by atoms with Gasteiger partial charge in [-0.25, -0.2) is 4.68 Å². The number of halogens is 1. The van der Waals surface area contributed by atoms with Crippen LogP contribution in [0.4, 0.5) is 0 Å². The van der Waals surface area contributed by atoms with Crippen molar-refractivity contribution in [3.63, 3.8) is 0 Å². The van der Waals surface area contributed by atoms with Crippen molar-refractivity contribution < 1.29 is 0 Å². The average Bonchev–Trinajstić information content (AvgIpc) is 2.29. The highest BCUT2D eigenvalue weighted by atomic mass is 79.9. The Balaban J connectivity index is 2.92. The molecule has 1 aromatic rings. The molecule has 0 radical (unpaired) electrons. The molecule has 0 fully saturated rings. The van der Waals surface area contributed by atoms with E-state index in [2.05, 4.69) is 26.2 Å². The third kappa shape index (κ3) is 1.87. The molecule has 2 N–H and O–H groups in total. The highest BCUT2D eigenvalue weighted by Gasteiger charge is 2.01. The summed E-state index contributed by atoms with van der Waals surface area (Å²) in [5, 5.41) is 7.60. The van der Waals surface area contributed by atoms with Crippen molar-refractivity contribution in [3.8, 4) is 0 Å². The highest BCUT2D eigenvalue weighted by Crippen LogP contribution is 2.12. The predicted molar refractivity (Wildman–Crippen MR) is 46.8 cm³/mol. The molecule has 0 aliphatic heterocycles. The quantitative estimate of drug-likeness (QED) is 0.786. The molecule has 0 atom stereocenters. The summed E-state index contributed by atoms with van der Waals surface area (Å²) >= 11 is 3.26. The number of hydrogen-bond acceptors (Lipinski definition) is 3. The van der Waals surface area contributed by atoms with E-state index in [1.807, 2.05) is 19.2 Å². The first-order valence-electron chi connectivity index (χ1n) is 3.17. The smallest absolute Gasteiger partial charge is 0.155 e. The lowest BCUT2D eigenvalue weighted by atomic mass is 10.4. The van der Waals surface area contributed by atoms with Crippen LogP contribution in [0, 0.1) is 0 Å². The minimum absolute atomic E-state index is 0.525. The largest absolute Gasteiger partial charge is 0.327 e. The minimum atomic E-state index is 0.525. The summed E-state index contributed by atoms with van der Waals surface area (Å²) in [7, 11) is 1.83. The van der Waals surface area contributed by atoms with Gasteiger partial charge in [0, 0.05) is 13.6 Å². The van der Waals surface area contributed by atoms with Gasteiger partial charge in [0.05, 0.1) is 5.69 Å². The Morgan fingerprint density at radius 3 is 2.91 bits per heavy atom. The van der Waals surface area contributed by atoms with E-state index in [1.54, 1.807) is 4.68 Å². The standard InChI is InChI=1S/C6H9BrN4/c1-11-5(3-2-4-8)6(7)9-10-11/h2-3H,4,8H2,1H3/b3-2+. The fraction of sp³-hybridized carbons (Fsp3) is 0.333. The number of aryl methyl sites for hydroxylation is 1. The predicted octanol–water partition coefficient (Wildman–Crippen LogP) is 0.549. The van der Waals surface area contributed by atoms with Gasteiger partial charge in [-0.1, -0.05) is 11.3 Å². The molecule has 1 rings (SSSR count). The van der Waals surface area contributed by atoms with Crippen molar-refractivity contribution in [1.82, 2.24) is 15.0 Å². The molecule has 0 unspecified atom stereocenters. The molecule has 0 bridgehead atoms. The van der Waals surface area contributed by atoms with Gasteiger partial charge in [0.2, 0.25) is 0 Å². The van der Waals surface area contributed by atoms with Crippen LogP contribution in [0.1, 0.15) is 5.69 Å². The zero-order valence-electron chi connectivity index (χ0n) is 6.16. The molecule has 1 aromatic heterocycles. The molecular weight excluding hydrogens is 208 g/mol. The maximum Gasteiger partial charge on any atom is 0.155 e. The van der Waals surface area contributed by atoms with Crippen molar-refractivity contribution in [2.45, 2.75) is 0 Å². The van der Waals surface area contributed by atoms with Crippen LogP contribution in [0.2, 0.25) is 0 Å². The third-order valence-electron chi connectivity index (χ3n) is 1.24. The number of aromatic nitrogens is 3. The Kier molecular flexibility index (Phi) is 2.78. The summed E-state index contributed by atoms with van der Waals surface area (Å²) in [5.74, 6) is 0. The van der Waals surface area contributed by atoms with E-state index >= 15 is 0 Å². The van der Waals surface area contributed by atoms with Gasteiger partial charge in [-0.15, -0.1) is 5.10 Å². The lowest BCUT2D eigenvalue weighted by Gasteiger charge is -1.91. The first kappa shape index (κ1) is 8.42. The van der Waals surface area contributed by atoms with E-state index in [9.17, 15) is 0 Å². The van der Waals surface area contributed by atoms with Crippen molar-refractivity contribution in [3.05, 3.63) is 16.4 Å². The van der Waals surface area contributed by atoms with Crippen molar-refractivity contribution in [1.29, 1.82) is 0 Å². The van der Waals surface area contributed by atoms with Crippen LogP contribution >= 0.6 is 15.9 Å². The summed E-state index contributed by atoms with van der Waals surface area (Å²) in [6, 6.07) is 0. The van der Waals surface area contributed by atoms with Crippen molar-refractivity contribution in [2.24, 2.45) is 12.8 Å². The van der Waals surface area contributed by atoms with Gasteiger partial charge in [-0.05, 0) is 22.0 Å². The second-order valence-corrected chi connectivity index (χ2v) is 2.78. The van der Waals surface area contributed by atoms with Crippen LogP contribution in [0.5, 0.6) is 0 Å². The molecule has 11 heavy (non-hydrogen) atoms. The molecule has 0 amide bonds. The Morgan fingerprint density at radius 1 is 1.73 bits per heavy atom. The van der Waals surface area contributed by atoms with Crippen LogP contribution in [0.15, 0.2) is 10.7 Å². The molecule has 0 saturated carbocycles. The van der Waals surface area contributed by atoms with Crippen LogP contribution in [0.3, 0.4) is 0 Å². The van der Waals surface area contributed by atoms with Gasteiger partial charge in [-0.2, -0.15) is 0 Å². The molecule has 0 aliphatic carbocycles. The summed E-state index contributed by atoms with van der Waals surface area (Å²) < 4.78 is 2.42. The number of nitrogens with two attached hydrogens (primary N) is 1. The number of nitrogens with zero attached hydrogens (tertiary/aromatic N) is 3. The monoisotopic (exact) mass is 216 g/mol. The first-order valence-corrected chi connectivity index (χ1v) is 3.96. The fourth-order valence-electron chi connectivity index (χ4n) is 0.696. The average molecular weight is 217 g/mol. The van der Waals surface area contributed by atoms with Gasteiger partial charge in [0.1, 0.15) is 0 Å². The van der Waals surface area contributed by atoms with E-state index < -0.39 is 0 Å². The summed E-state index contributed by atoms with van der Waals surface area (Å²) in [6.45, 7) is 0.525. The van der Waals surface area contributed by atoms with E-state index in [1.165, 1.54) is 0 Å². The second kappa shape index (κ2) is 3.64. The maximum absolute atomic E-state index is 5.29. The molecule has 0 saturated heterocycles. The zero-order chi connectivity index (χ0) is 8.27. The lowest BCUT2D eigenvalue weighted by molar-refractivity contribution is 0.709. The Bertz CT molecular complexity index is 246. The molecule has 0 spiro atoms. The molecule has 4 nitrogen and oxygen atoms in total. The molecule has 0 aromatic carbocycles. The van der Waals surface area contributed by atoms with Crippen LogP contribution < -0.4 is 5.73 Å². The Labute approximate surface area is 73.2 Å². The molecule has 60 valence electrons. The van der Waals surface area contributed by atoms with Crippen molar-refractivity contribution in [2.75, 3.05) is 6.54 Å². The van der Waals surface area contributed by atoms with Gasteiger partial charge < -0.3 is 5.73 Å². The molecular formula is C6H9BrN4. The van der Waals surface area contributed by atoms with Gasteiger partial charge in [0.25, 0.3) is 0 Å². The van der Waals surface area contributed by atoms with Gasteiger partial charge >= 0.3 is 0 Å². The van der Waals surface area contributed by atoms with Gasteiger partial charge in [0.15, 0.2) is 4.60 Å². The number of rotatable bonds is 2. The van der Waals surface area contributed by atoms with E-state index in [4.69, 9.17) is 5.73 Å². The number of hydrogen-bond donors (Lipinski definition) is 1. The summed E-state index contributed by atoms with van der Waals surface area (Å²) in [4.78, 5) is 0. The SMILES string of the molecule is Cn1nnc(Br)c1/C=C/CN. The lowest BCUT2D eigenvalue weighted by Crippen LogP contribution is -1.95. The second-order valence-electron chi connectivity index (χ2n) is 2.03. The normalized spacial score (nSPS) is 11.2. The van der Waals surface area contributed by atoms with E-state index in [0.29, 0.717) is 6.54 Å². The Morgan fingerprint density at radius 2 is 2.45 bits per heavy atom. The Hall–Kier alpha value is -0.680. The zero-order valence-corrected chi connectivity index (χ0v) is 7.74. The van der Waals surface area contributed by atoms with E-state index in [0.717, 1.165) is 10.3 Å². The highest BCUT2D eigenvalue weighted by molar-refractivity contribution is 9.10. The van der Waals surface area contributed by atoms with Crippen LogP contribution in [-0.4, -0.2) is 21.5 Å². The van der Waals surface area contributed by atoms with Gasteiger partial charge in [-0.3, -0.25) is 0 Å². The van der Waals surface area contributed by atoms with Crippen molar-refractivity contribution >= 4 is 22.0 Å². The molecule has 1 heterocycles. The molecule has 5 heteroatoms. The molecule has 0 aliphatic rings. The topological polar surface area (TPSA) is 56.7 Å². The minimum Gasteiger partial charge on any atom is -0.327 e.